The molecule has 4 aromatic rings. The number of aryl methyl sites for hydroxylation is 2. The second-order valence-electron chi connectivity index (χ2n) is 7.00. The third kappa shape index (κ3) is 4.12. The average molecular weight is 407 g/mol. The van der Waals surface area contributed by atoms with Crippen LogP contribution in [-0.2, 0) is 17.8 Å². The van der Waals surface area contributed by atoms with Gasteiger partial charge < -0.3 is 5.32 Å². The third-order valence-electron chi connectivity index (χ3n) is 4.59. The van der Waals surface area contributed by atoms with Gasteiger partial charge in [0, 0.05) is 11.4 Å². The lowest BCUT2D eigenvalue weighted by Gasteiger charge is -2.08. The van der Waals surface area contributed by atoms with E-state index in [0.717, 1.165) is 23.2 Å². The Kier molecular flexibility index (Phi) is 5.26. The van der Waals surface area contributed by atoms with Gasteiger partial charge in [0.1, 0.15) is 18.3 Å². The topological polar surface area (TPSA) is 81.8 Å². The number of benzene rings is 1. The maximum absolute atomic E-state index is 12.8. The fraction of sp³-hybridized carbons (Fsp3) is 0.238. The molecule has 0 saturated heterocycles. The first kappa shape index (κ1) is 19.1. The van der Waals surface area contributed by atoms with Crippen LogP contribution in [0.5, 0.6) is 0 Å². The van der Waals surface area contributed by atoms with Crippen LogP contribution in [0.1, 0.15) is 16.0 Å². The van der Waals surface area contributed by atoms with E-state index in [4.69, 9.17) is 0 Å². The fourth-order valence-electron chi connectivity index (χ4n) is 3.31. The SMILES string of the molecule is Cc1cc(C)cc(-n2ncc3c(=O)n(CC(=O)NCCc4cccs4)cnc32)c1. The van der Waals surface area contributed by atoms with Crippen LogP contribution in [0.2, 0.25) is 0 Å². The van der Waals surface area contributed by atoms with Gasteiger partial charge in [-0.2, -0.15) is 5.10 Å². The molecular weight excluding hydrogens is 386 g/mol. The van der Waals surface area contributed by atoms with Gasteiger partial charge in [-0.15, -0.1) is 11.3 Å². The highest BCUT2D eigenvalue weighted by atomic mass is 32.1. The molecule has 0 aliphatic rings. The van der Waals surface area contributed by atoms with Gasteiger partial charge in [0.25, 0.3) is 5.56 Å². The van der Waals surface area contributed by atoms with Crippen molar-refractivity contribution < 1.29 is 4.79 Å². The summed E-state index contributed by atoms with van der Waals surface area (Å²) >= 11 is 1.66. The van der Waals surface area contributed by atoms with E-state index in [1.165, 1.54) is 22.0 Å². The second-order valence-corrected chi connectivity index (χ2v) is 8.03. The summed E-state index contributed by atoms with van der Waals surface area (Å²) in [7, 11) is 0. The fourth-order valence-corrected chi connectivity index (χ4v) is 4.02. The molecule has 0 bridgehead atoms. The molecule has 7 nitrogen and oxygen atoms in total. The average Bonchev–Trinajstić information content (AvgIpc) is 3.33. The zero-order valence-electron chi connectivity index (χ0n) is 16.3. The lowest BCUT2D eigenvalue weighted by molar-refractivity contribution is -0.121. The molecule has 0 saturated carbocycles. The van der Waals surface area contributed by atoms with Crippen LogP contribution < -0.4 is 10.9 Å². The summed E-state index contributed by atoms with van der Waals surface area (Å²) in [6.07, 6.45) is 3.69. The molecule has 0 unspecified atom stereocenters. The van der Waals surface area contributed by atoms with Gasteiger partial charge in [-0.3, -0.25) is 14.2 Å². The molecule has 0 spiro atoms. The predicted molar refractivity (Wildman–Crippen MR) is 114 cm³/mol. The minimum Gasteiger partial charge on any atom is -0.354 e. The Morgan fingerprint density at radius 2 is 2.00 bits per heavy atom. The van der Waals surface area contributed by atoms with Crippen LogP contribution in [0.25, 0.3) is 16.7 Å². The maximum Gasteiger partial charge on any atom is 0.264 e. The molecule has 0 atom stereocenters. The molecule has 1 N–H and O–H groups in total. The van der Waals surface area contributed by atoms with Crippen molar-refractivity contribution in [1.29, 1.82) is 0 Å². The van der Waals surface area contributed by atoms with Gasteiger partial charge in [-0.25, -0.2) is 9.67 Å². The normalized spacial score (nSPS) is 11.1. The highest BCUT2D eigenvalue weighted by Crippen LogP contribution is 2.17. The Bertz CT molecular complexity index is 1200. The molecule has 8 heteroatoms. The van der Waals surface area contributed by atoms with Crippen molar-refractivity contribution in [2.24, 2.45) is 0 Å². The van der Waals surface area contributed by atoms with Crippen LogP contribution >= 0.6 is 11.3 Å². The van der Waals surface area contributed by atoms with Crippen molar-refractivity contribution in [2.45, 2.75) is 26.8 Å². The Morgan fingerprint density at radius 3 is 2.72 bits per heavy atom. The van der Waals surface area contributed by atoms with E-state index in [1.807, 2.05) is 43.5 Å². The van der Waals surface area contributed by atoms with Crippen LogP contribution in [0.15, 0.2) is 53.0 Å². The first-order valence-electron chi connectivity index (χ1n) is 9.32. The summed E-state index contributed by atoms with van der Waals surface area (Å²) in [6.45, 7) is 4.49. The molecule has 0 aliphatic carbocycles. The molecule has 148 valence electrons. The Morgan fingerprint density at radius 1 is 1.21 bits per heavy atom. The van der Waals surface area contributed by atoms with Crippen molar-refractivity contribution in [3.05, 3.63) is 74.6 Å². The molecule has 0 aliphatic heterocycles. The quantitative estimate of drug-likeness (QED) is 0.533. The smallest absolute Gasteiger partial charge is 0.264 e. The van der Waals surface area contributed by atoms with Crippen molar-refractivity contribution in [1.82, 2.24) is 24.6 Å². The first-order valence-corrected chi connectivity index (χ1v) is 10.2. The predicted octanol–water partition coefficient (Wildman–Crippen LogP) is 2.62. The number of fused-ring (bicyclic) bond motifs is 1. The number of amides is 1. The van der Waals surface area contributed by atoms with Gasteiger partial charge in [0.05, 0.1) is 11.9 Å². The van der Waals surface area contributed by atoms with E-state index >= 15 is 0 Å². The van der Waals surface area contributed by atoms with E-state index in [9.17, 15) is 9.59 Å². The number of hydrogen-bond acceptors (Lipinski definition) is 5. The van der Waals surface area contributed by atoms with Crippen LogP contribution in [0.4, 0.5) is 0 Å². The van der Waals surface area contributed by atoms with Crippen LogP contribution in [-0.4, -0.2) is 31.8 Å². The summed E-state index contributed by atoms with van der Waals surface area (Å²) in [5.74, 6) is -0.216. The molecule has 29 heavy (non-hydrogen) atoms. The van der Waals surface area contributed by atoms with Crippen molar-refractivity contribution >= 4 is 28.3 Å². The summed E-state index contributed by atoms with van der Waals surface area (Å²) in [5, 5.41) is 9.59. The number of carbonyl (C=O) groups is 1. The van der Waals surface area contributed by atoms with Crippen LogP contribution in [0, 0.1) is 13.8 Å². The number of rotatable bonds is 6. The molecular formula is C21H21N5O2S. The lowest BCUT2D eigenvalue weighted by atomic mass is 10.1. The van der Waals surface area contributed by atoms with Gasteiger partial charge >= 0.3 is 0 Å². The molecule has 3 aromatic heterocycles. The summed E-state index contributed by atoms with van der Waals surface area (Å²) in [4.78, 5) is 30.6. The van der Waals surface area contributed by atoms with Gasteiger partial charge in [-0.1, -0.05) is 12.1 Å². The minimum absolute atomic E-state index is 0.0685. The number of carbonyl (C=O) groups excluding carboxylic acids is 1. The monoisotopic (exact) mass is 407 g/mol. The summed E-state index contributed by atoms with van der Waals surface area (Å²) in [6, 6.07) is 10.1. The third-order valence-corrected chi connectivity index (χ3v) is 5.53. The zero-order chi connectivity index (χ0) is 20.4. The molecule has 3 heterocycles. The number of thiophene rings is 1. The van der Waals surface area contributed by atoms with E-state index in [2.05, 4.69) is 21.5 Å². The van der Waals surface area contributed by atoms with Crippen LogP contribution in [0.3, 0.4) is 0 Å². The Hall–Kier alpha value is -3.26. The molecule has 0 radical (unpaired) electrons. The zero-order valence-corrected chi connectivity index (χ0v) is 17.1. The van der Waals surface area contributed by atoms with E-state index in [0.29, 0.717) is 17.6 Å². The van der Waals surface area contributed by atoms with E-state index in [1.54, 1.807) is 16.0 Å². The van der Waals surface area contributed by atoms with E-state index in [-0.39, 0.29) is 18.0 Å². The number of aromatic nitrogens is 4. The number of nitrogens with one attached hydrogen (secondary N) is 1. The van der Waals surface area contributed by atoms with Crippen molar-refractivity contribution in [2.75, 3.05) is 6.54 Å². The Labute approximate surface area is 171 Å². The van der Waals surface area contributed by atoms with Gasteiger partial charge in [0.15, 0.2) is 5.65 Å². The summed E-state index contributed by atoms with van der Waals surface area (Å²) in [5.41, 5.74) is 3.27. The summed E-state index contributed by atoms with van der Waals surface area (Å²) < 4.78 is 2.97. The molecule has 4 rings (SSSR count). The Balaban J connectivity index is 1.52. The van der Waals surface area contributed by atoms with Crippen molar-refractivity contribution in [3.63, 3.8) is 0 Å². The van der Waals surface area contributed by atoms with Gasteiger partial charge in [-0.05, 0) is 55.0 Å². The van der Waals surface area contributed by atoms with Gasteiger partial charge in [0.2, 0.25) is 5.91 Å². The highest BCUT2D eigenvalue weighted by molar-refractivity contribution is 7.09. The second kappa shape index (κ2) is 8.00. The largest absolute Gasteiger partial charge is 0.354 e. The van der Waals surface area contributed by atoms with Crippen molar-refractivity contribution in [3.8, 4) is 5.69 Å². The minimum atomic E-state index is -0.279. The first-order chi connectivity index (χ1) is 14.0. The number of nitrogens with zero attached hydrogens (tertiary/aromatic N) is 4. The highest BCUT2D eigenvalue weighted by Gasteiger charge is 2.13. The number of hydrogen-bond donors (Lipinski definition) is 1. The maximum atomic E-state index is 12.8. The van der Waals surface area contributed by atoms with E-state index < -0.39 is 0 Å². The molecule has 1 aromatic carbocycles. The lowest BCUT2D eigenvalue weighted by Crippen LogP contribution is -2.33. The molecule has 0 fully saturated rings. The standard InChI is InChI=1S/C21H21N5O2S/c1-14-8-15(2)10-16(9-14)26-20-18(11-24-26)21(28)25(13-23-20)12-19(27)22-6-5-17-4-3-7-29-17/h3-4,7-11,13H,5-6,12H2,1-2H3,(H,22,27). The molecule has 1 amide bonds.